The monoisotopic (exact) mass is 207 g/mol. The maximum Gasteiger partial charge on any atom is 0.0546 e. The molecule has 0 aliphatic carbocycles. The van der Waals surface area contributed by atoms with E-state index in [0.717, 1.165) is 25.8 Å². The van der Waals surface area contributed by atoms with Crippen LogP contribution in [0.4, 0.5) is 0 Å². The van der Waals surface area contributed by atoms with E-state index in [9.17, 15) is 0 Å². The van der Waals surface area contributed by atoms with Crippen molar-refractivity contribution in [3.63, 3.8) is 0 Å². The largest absolute Gasteiger partial charge is 0.382 e. The van der Waals surface area contributed by atoms with Crippen LogP contribution in [0, 0.1) is 0 Å². The second kappa shape index (κ2) is 6.59. The van der Waals surface area contributed by atoms with Crippen LogP contribution in [0.5, 0.6) is 0 Å². The predicted octanol–water partition coefficient (Wildman–Crippen LogP) is 2.16. The molecule has 1 aromatic carbocycles. The molecular formula is C13H21NO. The average Bonchev–Trinajstić information content (AvgIpc) is 2.28. The number of rotatable bonds is 6. The maximum atomic E-state index is 5.50. The Bertz CT molecular complexity index is 268. The minimum Gasteiger partial charge on any atom is -0.382 e. The van der Waals surface area contributed by atoms with Gasteiger partial charge in [0, 0.05) is 7.11 Å². The fraction of sp³-hybridized carbons (Fsp3) is 0.538. The highest BCUT2D eigenvalue weighted by molar-refractivity contribution is 5.22. The molecule has 2 N–H and O–H groups in total. The molecule has 0 fully saturated rings. The molecule has 1 aromatic rings. The molecule has 0 spiro atoms. The van der Waals surface area contributed by atoms with E-state index in [1.807, 2.05) is 0 Å². The zero-order valence-corrected chi connectivity index (χ0v) is 9.70. The van der Waals surface area contributed by atoms with Crippen LogP contribution in [0.2, 0.25) is 0 Å². The smallest absolute Gasteiger partial charge is 0.0546 e. The lowest BCUT2D eigenvalue weighted by molar-refractivity contribution is 0.111. The highest BCUT2D eigenvalue weighted by atomic mass is 16.5. The van der Waals surface area contributed by atoms with E-state index >= 15 is 0 Å². The van der Waals surface area contributed by atoms with E-state index in [1.54, 1.807) is 7.11 Å². The van der Waals surface area contributed by atoms with E-state index in [4.69, 9.17) is 10.5 Å². The van der Waals surface area contributed by atoms with E-state index < -0.39 is 0 Å². The quantitative estimate of drug-likeness (QED) is 0.775. The van der Waals surface area contributed by atoms with Gasteiger partial charge in [-0.25, -0.2) is 0 Å². The topological polar surface area (TPSA) is 35.2 Å². The Morgan fingerprint density at radius 2 is 1.67 bits per heavy atom. The van der Waals surface area contributed by atoms with Crippen LogP contribution in [0.3, 0.4) is 0 Å². The number of aryl methyl sites for hydroxylation is 1. The lowest BCUT2D eigenvalue weighted by Gasteiger charge is -2.09. The van der Waals surface area contributed by atoms with Crippen LogP contribution in [0.15, 0.2) is 24.3 Å². The fourth-order valence-corrected chi connectivity index (χ4v) is 1.53. The van der Waals surface area contributed by atoms with E-state index in [2.05, 4.69) is 31.2 Å². The molecule has 0 heterocycles. The first kappa shape index (κ1) is 12.2. The standard InChI is InChI=1S/C13H21NO/c1-11(15-2)3-4-12-5-7-13(8-6-12)9-10-14/h5-8,11H,3-4,9-10,14H2,1-2H3. The van der Waals surface area contributed by atoms with E-state index in [-0.39, 0.29) is 0 Å². The molecule has 1 rings (SSSR count). The molecule has 0 aromatic heterocycles. The van der Waals surface area contributed by atoms with Gasteiger partial charge in [0.2, 0.25) is 0 Å². The van der Waals surface area contributed by atoms with Gasteiger partial charge in [-0.3, -0.25) is 0 Å². The molecule has 0 saturated carbocycles. The lowest BCUT2D eigenvalue weighted by atomic mass is 10.0. The zero-order chi connectivity index (χ0) is 11.1. The highest BCUT2D eigenvalue weighted by Crippen LogP contribution is 2.09. The van der Waals surface area contributed by atoms with Crippen LogP contribution in [-0.2, 0) is 17.6 Å². The minimum atomic E-state index is 0.341. The van der Waals surface area contributed by atoms with Crippen molar-refractivity contribution in [1.29, 1.82) is 0 Å². The third-order valence-electron chi connectivity index (χ3n) is 2.70. The second-order valence-electron chi connectivity index (χ2n) is 3.94. The number of hydrogen-bond donors (Lipinski definition) is 1. The van der Waals surface area contributed by atoms with Gasteiger partial charge in [-0.05, 0) is 43.9 Å². The van der Waals surface area contributed by atoms with Crippen molar-refractivity contribution in [2.45, 2.75) is 32.3 Å². The Labute approximate surface area is 92.4 Å². The number of hydrogen-bond acceptors (Lipinski definition) is 2. The van der Waals surface area contributed by atoms with Crippen LogP contribution >= 0.6 is 0 Å². The molecule has 15 heavy (non-hydrogen) atoms. The van der Waals surface area contributed by atoms with Gasteiger partial charge < -0.3 is 10.5 Å². The van der Waals surface area contributed by atoms with Gasteiger partial charge in [0.05, 0.1) is 6.10 Å². The van der Waals surface area contributed by atoms with Crippen molar-refractivity contribution in [2.75, 3.05) is 13.7 Å². The van der Waals surface area contributed by atoms with Crippen molar-refractivity contribution >= 4 is 0 Å². The summed E-state index contributed by atoms with van der Waals surface area (Å²) in [6.07, 6.45) is 3.47. The summed E-state index contributed by atoms with van der Waals surface area (Å²) in [6, 6.07) is 8.71. The Hall–Kier alpha value is -0.860. The number of methoxy groups -OCH3 is 1. The summed E-state index contributed by atoms with van der Waals surface area (Å²) in [4.78, 5) is 0. The Kier molecular flexibility index (Phi) is 5.37. The van der Waals surface area contributed by atoms with Gasteiger partial charge in [-0.1, -0.05) is 24.3 Å². The summed E-state index contributed by atoms with van der Waals surface area (Å²) in [5.41, 5.74) is 8.19. The Balaban J connectivity index is 2.42. The molecule has 0 aliphatic heterocycles. The van der Waals surface area contributed by atoms with Crippen LogP contribution in [0.25, 0.3) is 0 Å². The summed E-state index contributed by atoms with van der Waals surface area (Å²) in [7, 11) is 1.76. The van der Waals surface area contributed by atoms with E-state index in [1.165, 1.54) is 11.1 Å². The van der Waals surface area contributed by atoms with Gasteiger partial charge in [0.15, 0.2) is 0 Å². The Morgan fingerprint density at radius 1 is 1.13 bits per heavy atom. The molecule has 0 aliphatic rings. The molecule has 1 unspecified atom stereocenters. The maximum absolute atomic E-state index is 5.50. The molecule has 0 amide bonds. The molecule has 2 nitrogen and oxygen atoms in total. The number of ether oxygens (including phenoxy) is 1. The SMILES string of the molecule is COC(C)CCc1ccc(CCN)cc1. The first-order valence-corrected chi connectivity index (χ1v) is 5.57. The van der Waals surface area contributed by atoms with Crippen molar-refractivity contribution < 1.29 is 4.74 Å². The molecule has 0 saturated heterocycles. The molecule has 0 bridgehead atoms. The third-order valence-corrected chi connectivity index (χ3v) is 2.70. The highest BCUT2D eigenvalue weighted by Gasteiger charge is 2.00. The van der Waals surface area contributed by atoms with Gasteiger partial charge in [0.25, 0.3) is 0 Å². The summed E-state index contributed by atoms with van der Waals surface area (Å²) in [5, 5.41) is 0. The van der Waals surface area contributed by atoms with Crippen molar-refractivity contribution in [3.8, 4) is 0 Å². The first-order chi connectivity index (χ1) is 7.26. The number of benzene rings is 1. The molecule has 1 atom stereocenters. The number of nitrogens with two attached hydrogens (primary N) is 1. The molecule has 84 valence electrons. The van der Waals surface area contributed by atoms with Crippen LogP contribution in [0.1, 0.15) is 24.5 Å². The molecule has 0 radical (unpaired) electrons. The van der Waals surface area contributed by atoms with Gasteiger partial charge >= 0.3 is 0 Å². The summed E-state index contributed by atoms with van der Waals surface area (Å²) in [5.74, 6) is 0. The van der Waals surface area contributed by atoms with E-state index in [0.29, 0.717) is 6.10 Å². The average molecular weight is 207 g/mol. The van der Waals surface area contributed by atoms with Gasteiger partial charge in [-0.2, -0.15) is 0 Å². The minimum absolute atomic E-state index is 0.341. The van der Waals surface area contributed by atoms with Crippen LogP contribution in [-0.4, -0.2) is 19.8 Å². The van der Waals surface area contributed by atoms with Crippen LogP contribution < -0.4 is 5.73 Å². The fourth-order valence-electron chi connectivity index (χ4n) is 1.53. The molecular weight excluding hydrogens is 186 g/mol. The zero-order valence-electron chi connectivity index (χ0n) is 9.70. The van der Waals surface area contributed by atoms with Gasteiger partial charge in [0.1, 0.15) is 0 Å². The lowest BCUT2D eigenvalue weighted by Crippen LogP contribution is -2.06. The van der Waals surface area contributed by atoms with Gasteiger partial charge in [-0.15, -0.1) is 0 Å². The second-order valence-corrected chi connectivity index (χ2v) is 3.94. The summed E-state index contributed by atoms with van der Waals surface area (Å²) < 4.78 is 5.22. The summed E-state index contributed by atoms with van der Waals surface area (Å²) >= 11 is 0. The summed E-state index contributed by atoms with van der Waals surface area (Å²) in [6.45, 7) is 2.82. The van der Waals surface area contributed by atoms with Crippen molar-refractivity contribution in [3.05, 3.63) is 35.4 Å². The Morgan fingerprint density at radius 3 is 2.13 bits per heavy atom. The predicted molar refractivity (Wildman–Crippen MR) is 64.0 cm³/mol. The van der Waals surface area contributed by atoms with Crippen molar-refractivity contribution in [1.82, 2.24) is 0 Å². The molecule has 2 heteroatoms. The van der Waals surface area contributed by atoms with Crippen molar-refractivity contribution in [2.24, 2.45) is 5.73 Å². The first-order valence-electron chi connectivity index (χ1n) is 5.57. The third kappa shape index (κ3) is 4.45. The normalized spacial score (nSPS) is 12.7.